The van der Waals surface area contributed by atoms with Crippen molar-refractivity contribution in [2.75, 3.05) is 18.1 Å². The summed E-state index contributed by atoms with van der Waals surface area (Å²) in [5, 5.41) is 9.03. The van der Waals surface area contributed by atoms with Gasteiger partial charge in [-0.05, 0) is 19.8 Å². The SMILES string of the molecule is CC1CS(=O)(=O)CCN1C(=O)C1(C(=O)O)CC1. The molecule has 2 rings (SSSR count). The van der Waals surface area contributed by atoms with Crippen LogP contribution in [0.15, 0.2) is 0 Å². The number of amides is 1. The zero-order valence-corrected chi connectivity index (χ0v) is 10.4. The van der Waals surface area contributed by atoms with Gasteiger partial charge in [0, 0.05) is 12.6 Å². The molecule has 0 aromatic heterocycles. The van der Waals surface area contributed by atoms with Crippen LogP contribution in [0, 0.1) is 5.41 Å². The third kappa shape index (κ3) is 2.03. The van der Waals surface area contributed by atoms with Crippen molar-refractivity contribution in [2.24, 2.45) is 5.41 Å². The molecule has 6 nitrogen and oxygen atoms in total. The van der Waals surface area contributed by atoms with Gasteiger partial charge in [0.15, 0.2) is 9.84 Å². The van der Waals surface area contributed by atoms with Crippen LogP contribution >= 0.6 is 0 Å². The summed E-state index contributed by atoms with van der Waals surface area (Å²) in [5.74, 6) is -1.66. The van der Waals surface area contributed by atoms with Crippen LogP contribution in [0.2, 0.25) is 0 Å². The second kappa shape index (κ2) is 3.69. The molecule has 2 fully saturated rings. The van der Waals surface area contributed by atoms with E-state index in [1.165, 1.54) is 4.90 Å². The van der Waals surface area contributed by atoms with Gasteiger partial charge in [0.1, 0.15) is 5.41 Å². The van der Waals surface area contributed by atoms with E-state index in [-0.39, 0.29) is 18.1 Å². The van der Waals surface area contributed by atoms with E-state index in [4.69, 9.17) is 5.11 Å². The summed E-state index contributed by atoms with van der Waals surface area (Å²) in [6.07, 6.45) is 0.717. The average Bonchev–Trinajstić information content (AvgIpc) is 2.95. The summed E-state index contributed by atoms with van der Waals surface area (Å²) in [5.41, 5.74) is -1.27. The molecule has 0 bridgehead atoms. The predicted molar refractivity (Wildman–Crippen MR) is 59.1 cm³/mol. The molecule has 2 aliphatic rings. The highest BCUT2D eigenvalue weighted by atomic mass is 32.2. The molecule has 17 heavy (non-hydrogen) atoms. The Morgan fingerprint density at radius 2 is 1.94 bits per heavy atom. The van der Waals surface area contributed by atoms with E-state index in [1.807, 2.05) is 0 Å². The van der Waals surface area contributed by atoms with Gasteiger partial charge >= 0.3 is 5.97 Å². The molecule has 0 spiro atoms. The fourth-order valence-electron chi connectivity index (χ4n) is 2.22. The number of hydrogen-bond acceptors (Lipinski definition) is 4. The predicted octanol–water partition coefficient (Wildman–Crippen LogP) is -0.503. The molecule has 96 valence electrons. The lowest BCUT2D eigenvalue weighted by Crippen LogP contribution is -2.53. The summed E-state index contributed by atoms with van der Waals surface area (Å²) >= 11 is 0. The van der Waals surface area contributed by atoms with Crippen molar-refractivity contribution >= 4 is 21.7 Å². The molecule has 1 atom stereocenters. The maximum Gasteiger partial charge on any atom is 0.319 e. The van der Waals surface area contributed by atoms with Gasteiger partial charge in [-0.2, -0.15) is 0 Å². The minimum Gasteiger partial charge on any atom is -0.480 e. The van der Waals surface area contributed by atoms with Crippen LogP contribution in [0.25, 0.3) is 0 Å². The third-order valence-corrected chi connectivity index (χ3v) is 5.29. The first-order chi connectivity index (χ1) is 7.78. The molecule has 1 saturated carbocycles. The Bertz CT molecular complexity index is 465. The van der Waals surface area contributed by atoms with Crippen LogP contribution in [0.3, 0.4) is 0 Å². The van der Waals surface area contributed by atoms with Crippen LogP contribution in [0.1, 0.15) is 19.8 Å². The van der Waals surface area contributed by atoms with Crippen LogP contribution in [0.5, 0.6) is 0 Å². The summed E-state index contributed by atoms with van der Waals surface area (Å²) in [6.45, 7) is 1.75. The van der Waals surface area contributed by atoms with E-state index in [0.29, 0.717) is 12.8 Å². The van der Waals surface area contributed by atoms with Crippen LogP contribution < -0.4 is 0 Å². The Morgan fingerprint density at radius 1 is 1.35 bits per heavy atom. The number of carbonyl (C=O) groups is 2. The van der Waals surface area contributed by atoms with Crippen molar-refractivity contribution in [3.63, 3.8) is 0 Å². The number of nitrogens with zero attached hydrogens (tertiary/aromatic N) is 1. The first kappa shape index (κ1) is 12.3. The number of sulfone groups is 1. The van der Waals surface area contributed by atoms with Crippen molar-refractivity contribution in [1.29, 1.82) is 0 Å². The van der Waals surface area contributed by atoms with Crippen molar-refractivity contribution < 1.29 is 23.1 Å². The average molecular weight is 261 g/mol. The Labute approximate surface area is 99.5 Å². The molecule has 1 heterocycles. The summed E-state index contributed by atoms with van der Waals surface area (Å²) in [6, 6.07) is -0.432. The lowest BCUT2D eigenvalue weighted by Gasteiger charge is -2.34. The molecule has 1 N–H and O–H groups in total. The largest absolute Gasteiger partial charge is 0.480 e. The number of carbonyl (C=O) groups excluding carboxylic acids is 1. The summed E-state index contributed by atoms with van der Waals surface area (Å²) < 4.78 is 22.7. The first-order valence-electron chi connectivity index (χ1n) is 5.53. The molecule has 1 unspecified atom stereocenters. The zero-order chi connectivity index (χ0) is 12.8. The van der Waals surface area contributed by atoms with E-state index in [1.54, 1.807) is 6.92 Å². The van der Waals surface area contributed by atoms with Crippen LogP contribution in [-0.4, -0.2) is 54.4 Å². The van der Waals surface area contributed by atoms with Crippen LogP contribution in [0.4, 0.5) is 0 Å². The van der Waals surface area contributed by atoms with Crippen molar-refractivity contribution in [3.05, 3.63) is 0 Å². The molecule has 0 aromatic carbocycles. The van der Waals surface area contributed by atoms with E-state index >= 15 is 0 Å². The van der Waals surface area contributed by atoms with E-state index in [0.717, 1.165) is 0 Å². The lowest BCUT2D eigenvalue weighted by molar-refractivity contribution is -0.154. The Hall–Kier alpha value is -1.11. The third-order valence-electron chi connectivity index (χ3n) is 3.50. The lowest BCUT2D eigenvalue weighted by atomic mass is 10.0. The van der Waals surface area contributed by atoms with Gasteiger partial charge in [-0.3, -0.25) is 9.59 Å². The molecular formula is C10H15NO5S. The Kier molecular flexibility index (Phi) is 2.68. The minimum atomic E-state index is -3.09. The molecule has 0 radical (unpaired) electrons. The van der Waals surface area contributed by atoms with Gasteiger partial charge in [0.25, 0.3) is 0 Å². The molecule has 0 aromatic rings. The molecular weight excluding hydrogens is 246 g/mol. The van der Waals surface area contributed by atoms with Gasteiger partial charge in [0.2, 0.25) is 5.91 Å². The van der Waals surface area contributed by atoms with Gasteiger partial charge in [-0.15, -0.1) is 0 Å². The smallest absolute Gasteiger partial charge is 0.319 e. The standard InChI is InChI=1S/C10H15NO5S/c1-7-6-17(15,16)5-4-11(7)8(12)10(2-3-10)9(13)14/h7H,2-6H2,1H3,(H,13,14). The topological polar surface area (TPSA) is 91.8 Å². The van der Waals surface area contributed by atoms with Crippen molar-refractivity contribution in [3.8, 4) is 0 Å². The van der Waals surface area contributed by atoms with Crippen LogP contribution in [-0.2, 0) is 19.4 Å². The summed E-state index contributed by atoms with van der Waals surface area (Å²) in [4.78, 5) is 24.5. The fraction of sp³-hybridized carbons (Fsp3) is 0.800. The highest BCUT2D eigenvalue weighted by Crippen LogP contribution is 2.48. The second-order valence-corrected chi connectivity index (χ2v) is 7.08. The van der Waals surface area contributed by atoms with Gasteiger partial charge < -0.3 is 10.0 Å². The minimum absolute atomic E-state index is 0.0707. The monoisotopic (exact) mass is 261 g/mol. The molecule has 7 heteroatoms. The second-order valence-electron chi connectivity index (χ2n) is 4.85. The van der Waals surface area contributed by atoms with E-state index < -0.39 is 33.2 Å². The zero-order valence-electron chi connectivity index (χ0n) is 9.55. The van der Waals surface area contributed by atoms with Gasteiger partial charge in [-0.1, -0.05) is 0 Å². The number of carboxylic acids is 1. The number of rotatable bonds is 2. The number of aliphatic carboxylic acids is 1. The molecule has 1 aliphatic heterocycles. The molecule has 1 saturated heterocycles. The van der Waals surface area contributed by atoms with Gasteiger partial charge in [-0.25, -0.2) is 8.42 Å². The quantitative estimate of drug-likeness (QED) is 0.676. The van der Waals surface area contributed by atoms with E-state index in [2.05, 4.69) is 0 Å². The van der Waals surface area contributed by atoms with Crippen molar-refractivity contribution in [1.82, 2.24) is 4.90 Å². The van der Waals surface area contributed by atoms with E-state index in [9.17, 15) is 18.0 Å². The number of carboxylic acid groups (broad SMARTS) is 1. The fourth-order valence-corrected chi connectivity index (χ4v) is 3.78. The maximum atomic E-state index is 12.1. The Morgan fingerprint density at radius 3 is 2.35 bits per heavy atom. The summed E-state index contributed by atoms with van der Waals surface area (Å²) in [7, 11) is -3.09. The normalized spacial score (nSPS) is 29.7. The molecule has 1 amide bonds. The van der Waals surface area contributed by atoms with Crippen molar-refractivity contribution in [2.45, 2.75) is 25.8 Å². The van der Waals surface area contributed by atoms with Gasteiger partial charge in [0.05, 0.1) is 11.5 Å². The number of hydrogen-bond donors (Lipinski definition) is 1. The maximum absolute atomic E-state index is 12.1. The highest BCUT2D eigenvalue weighted by Gasteiger charge is 2.59. The molecule has 1 aliphatic carbocycles. The first-order valence-corrected chi connectivity index (χ1v) is 7.35. The highest BCUT2D eigenvalue weighted by molar-refractivity contribution is 7.91. The Balaban J connectivity index is 2.15.